The highest BCUT2D eigenvalue weighted by Crippen LogP contribution is 2.63. The quantitative estimate of drug-likeness (QED) is 0.386. The first-order valence-electron chi connectivity index (χ1n) is 14.1. The summed E-state index contributed by atoms with van der Waals surface area (Å²) < 4.78 is 3.14. The molecule has 1 aromatic rings. The summed E-state index contributed by atoms with van der Waals surface area (Å²) in [6.07, 6.45) is 11.3. The third-order valence-electron chi connectivity index (χ3n) is 9.89. The van der Waals surface area contributed by atoms with Crippen LogP contribution in [0, 0.1) is 17.8 Å². The molecule has 1 heterocycles. The van der Waals surface area contributed by atoms with Crippen LogP contribution < -0.4 is 0 Å². The van der Waals surface area contributed by atoms with Crippen LogP contribution in [0.25, 0.3) is 5.57 Å². The summed E-state index contributed by atoms with van der Waals surface area (Å²) in [5.74, 6) is 2.26. The third-order valence-corrected chi connectivity index (χ3v) is 16.8. The SMILES string of the molecule is CC1CC2C=C3C(=CC2C1[Si]1(N(C(C)(C)C)C(C)(C)C)CCCCC1)C(C)(C)c1ccccc13. The Hall–Kier alpha value is -1.12. The van der Waals surface area contributed by atoms with Crippen LogP contribution in [-0.4, -0.2) is 23.9 Å². The Labute approximate surface area is 211 Å². The Balaban J connectivity index is 1.65. The molecule has 186 valence electrons. The lowest BCUT2D eigenvalue weighted by Gasteiger charge is -2.61. The van der Waals surface area contributed by atoms with Gasteiger partial charge in [0.2, 0.25) is 0 Å². The monoisotopic (exact) mass is 475 g/mol. The Morgan fingerprint density at radius 2 is 1.50 bits per heavy atom. The van der Waals surface area contributed by atoms with Gasteiger partial charge in [0, 0.05) is 16.5 Å². The highest BCUT2D eigenvalue weighted by atomic mass is 28.3. The Kier molecular flexibility index (Phi) is 5.74. The van der Waals surface area contributed by atoms with Gasteiger partial charge < -0.3 is 4.57 Å². The highest BCUT2D eigenvalue weighted by molar-refractivity contribution is 6.79. The molecule has 0 bridgehead atoms. The fourth-order valence-electron chi connectivity index (χ4n) is 9.66. The van der Waals surface area contributed by atoms with Crippen molar-refractivity contribution in [2.24, 2.45) is 17.8 Å². The van der Waals surface area contributed by atoms with Gasteiger partial charge in [-0.25, -0.2) is 0 Å². The van der Waals surface area contributed by atoms with Gasteiger partial charge in [0.1, 0.15) is 8.24 Å². The Morgan fingerprint density at radius 1 is 0.882 bits per heavy atom. The van der Waals surface area contributed by atoms with E-state index in [2.05, 4.69) is 103 Å². The topological polar surface area (TPSA) is 3.24 Å². The van der Waals surface area contributed by atoms with Crippen molar-refractivity contribution >= 4 is 13.8 Å². The molecule has 34 heavy (non-hydrogen) atoms. The molecule has 2 heteroatoms. The third kappa shape index (κ3) is 3.57. The molecule has 4 atom stereocenters. The van der Waals surface area contributed by atoms with E-state index in [0.29, 0.717) is 5.92 Å². The van der Waals surface area contributed by atoms with Crippen LogP contribution >= 0.6 is 0 Å². The molecule has 2 fully saturated rings. The first kappa shape index (κ1) is 24.6. The molecule has 0 amide bonds. The molecule has 0 spiro atoms. The predicted molar refractivity (Wildman–Crippen MR) is 151 cm³/mol. The molecule has 0 N–H and O–H groups in total. The second-order valence-electron chi connectivity index (χ2n) is 14.7. The number of allylic oxidation sites excluding steroid dienone is 4. The van der Waals surface area contributed by atoms with Gasteiger partial charge in [-0.3, -0.25) is 0 Å². The maximum absolute atomic E-state index is 3.14. The van der Waals surface area contributed by atoms with Gasteiger partial charge >= 0.3 is 0 Å². The van der Waals surface area contributed by atoms with Crippen LogP contribution in [-0.2, 0) is 5.41 Å². The summed E-state index contributed by atoms with van der Waals surface area (Å²) in [6, 6.07) is 12.2. The van der Waals surface area contributed by atoms with Crippen molar-refractivity contribution in [2.75, 3.05) is 0 Å². The largest absolute Gasteiger partial charge is 0.314 e. The fourth-order valence-corrected chi connectivity index (χ4v) is 18.0. The lowest BCUT2D eigenvalue weighted by molar-refractivity contribution is 0.115. The van der Waals surface area contributed by atoms with E-state index in [1.807, 2.05) is 0 Å². The molecule has 4 unspecified atom stereocenters. The van der Waals surface area contributed by atoms with Gasteiger partial charge in [-0.1, -0.05) is 76.5 Å². The highest BCUT2D eigenvalue weighted by Gasteiger charge is 2.60. The van der Waals surface area contributed by atoms with E-state index >= 15 is 0 Å². The Bertz CT molecular complexity index is 994. The van der Waals surface area contributed by atoms with Gasteiger partial charge in [0.25, 0.3) is 0 Å². The number of nitrogens with zero attached hydrogens (tertiary/aromatic N) is 1. The Morgan fingerprint density at radius 3 is 2.12 bits per heavy atom. The van der Waals surface area contributed by atoms with E-state index in [9.17, 15) is 0 Å². The maximum Gasteiger partial charge on any atom is 0.133 e. The van der Waals surface area contributed by atoms with Crippen LogP contribution in [0.4, 0.5) is 0 Å². The molecular weight excluding hydrogens is 426 g/mol. The number of benzene rings is 1. The van der Waals surface area contributed by atoms with Crippen LogP contribution in [0.5, 0.6) is 0 Å². The predicted octanol–water partition coefficient (Wildman–Crippen LogP) is 8.97. The van der Waals surface area contributed by atoms with Crippen molar-refractivity contribution < 1.29 is 0 Å². The van der Waals surface area contributed by atoms with Crippen molar-refractivity contribution in [1.82, 2.24) is 4.57 Å². The summed E-state index contributed by atoms with van der Waals surface area (Å²) in [7, 11) is -1.73. The van der Waals surface area contributed by atoms with E-state index in [0.717, 1.165) is 17.4 Å². The summed E-state index contributed by atoms with van der Waals surface area (Å²) >= 11 is 0. The second-order valence-corrected chi connectivity index (χ2v) is 19.0. The summed E-state index contributed by atoms with van der Waals surface area (Å²) in [5.41, 5.74) is 7.65. The van der Waals surface area contributed by atoms with Crippen LogP contribution in [0.2, 0.25) is 17.6 Å². The van der Waals surface area contributed by atoms with Gasteiger partial charge in [-0.05, 0) is 106 Å². The maximum atomic E-state index is 3.14. The average Bonchev–Trinajstić information content (AvgIpc) is 3.16. The van der Waals surface area contributed by atoms with Crippen molar-refractivity contribution in [3.63, 3.8) is 0 Å². The molecule has 0 radical (unpaired) electrons. The van der Waals surface area contributed by atoms with Crippen molar-refractivity contribution in [3.8, 4) is 0 Å². The number of hydrogen-bond donors (Lipinski definition) is 0. The first-order valence-corrected chi connectivity index (χ1v) is 16.6. The normalized spacial score (nSPS) is 32.1. The van der Waals surface area contributed by atoms with E-state index in [-0.39, 0.29) is 16.5 Å². The molecule has 1 aliphatic heterocycles. The zero-order valence-corrected chi connectivity index (χ0v) is 24.5. The van der Waals surface area contributed by atoms with Gasteiger partial charge in [0.15, 0.2) is 0 Å². The zero-order chi connectivity index (χ0) is 24.7. The molecule has 1 nitrogen and oxygen atoms in total. The molecule has 1 aromatic carbocycles. The van der Waals surface area contributed by atoms with Crippen molar-refractivity contribution in [3.05, 3.63) is 53.1 Å². The standard InChI is InChI=1S/C32H49NSi/c1-22-19-23-20-26-24-15-11-12-16-27(24)32(8,9)28(26)21-25(23)29(22)34(17-13-10-14-18-34)33(30(2,3)4)31(5,6)7/h11-12,15-16,20-23,25,29H,10,13-14,17-19H2,1-9H3. The van der Waals surface area contributed by atoms with E-state index in [1.54, 1.807) is 11.1 Å². The molecule has 4 aliphatic rings. The fraction of sp³-hybridized carbons (Fsp3) is 0.688. The van der Waals surface area contributed by atoms with E-state index in [4.69, 9.17) is 0 Å². The molecule has 1 saturated heterocycles. The summed E-state index contributed by atoms with van der Waals surface area (Å²) in [5, 5.41) is 0. The zero-order valence-electron chi connectivity index (χ0n) is 23.5. The summed E-state index contributed by atoms with van der Waals surface area (Å²) in [6.45, 7) is 22.6. The average molecular weight is 476 g/mol. The van der Waals surface area contributed by atoms with Crippen LogP contribution in [0.1, 0.15) is 99.1 Å². The molecule has 5 rings (SSSR count). The lowest BCUT2D eigenvalue weighted by Crippen LogP contribution is -2.70. The van der Waals surface area contributed by atoms with Crippen molar-refractivity contribution in [1.29, 1.82) is 0 Å². The van der Waals surface area contributed by atoms with Gasteiger partial charge in [-0.15, -0.1) is 0 Å². The van der Waals surface area contributed by atoms with Crippen LogP contribution in [0.3, 0.4) is 0 Å². The van der Waals surface area contributed by atoms with E-state index in [1.165, 1.54) is 48.9 Å². The minimum atomic E-state index is -1.73. The van der Waals surface area contributed by atoms with Crippen LogP contribution in [0.15, 0.2) is 42.0 Å². The second kappa shape index (κ2) is 7.94. The minimum Gasteiger partial charge on any atom is -0.314 e. The first-order chi connectivity index (χ1) is 15.8. The lowest BCUT2D eigenvalue weighted by atomic mass is 9.76. The summed E-state index contributed by atoms with van der Waals surface area (Å²) in [4.78, 5) is 0. The van der Waals surface area contributed by atoms with Gasteiger partial charge in [0.05, 0.1) is 0 Å². The molecular formula is C32H49NSi. The smallest absolute Gasteiger partial charge is 0.133 e. The molecule has 0 aromatic heterocycles. The van der Waals surface area contributed by atoms with Crippen molar-refractivity contribution in [2.45, 2.75) is 122 Å². The van der Waals surface area contributed by atoms with Gasteiger partial charge in [-0.2, -0.15) is 0 Å². The number of hydrogen-bond acceptors (Lipinski definition) is 1. The molecule has 1 saturated carbocycles. The molecule has 3 aliphatic carbocycles. The number of fused-ring (bicyclic) bond motifs is 4. The van der Waals surface area contributed by atoms with E-state index < -0.39 is 8.24 Å². The minimum absolute atomic E-state index is 0.124. The number of rotatable bonds is 2.